The van der Waals surface area contributed by atoms with Crippen LogP contribution in [0.2, 0.25) is 0 Å². The van der Waals surface area contributed by atoms with Gasteiger partial charge in [0, 0.05) is 5.69 Å². The Hall–Kier alpha value is -4.99. The van der Waals surface area contributed by atoms with Gasteiger partial charge in [-0.1, -0.05) is 12.1 Å². The first-order valence-electron chi connectivity index (χ1n) is 10.7. The van der Waals surface area contributed by atoms with Gasteiger partial charge in [0.05, 0.1) is 12.8 Å². The first-order valence-corrected chi connectivity index (χ1v) is 10.7. The van der Waals surface area contributed by atoms with Crippen molar-refractivity contribution >= 4 is 41.2 Å². The molecule has 9 nitrogen and oxygen atoms in total. The number of methoxy groups -OCH3 is 1. The van der Waals surface area contributed by atoms with Crippen molar-refractivity contribution in [3.63, 3.8) is 0 Å². The van der Waals surface area contributed by atoms with Gasteiger partial charge in [-0.3, -0.25) is 19.7 Å². The van der Waals surface area contributed by atoms with Crippen LogP contribution >= 0.6 is 0 Å². The predicted octanol–water partition coefficient (Wildman–Crippen LogP) is 3.52. The van der Waals surface area contributed by atoms with E-state index in [1.54, 1.807) is 30.3 Å². The second-order valence-corrected chi connectivity index (χ2v) is 7.57. The van der Waals surface area contributed by atoms with Crippen LogP contribution in [0.1, 0.15) is 5.56 Å². The molecule has 5 amide bonds. The van der Waals surface area contributed by atoms with Crippen LogP contribution in [-0.4, -0.2) is 37.5 Å². The van der Waals surface area contributed by atoms with Crippen molar-refractivity contribution < 1.29 is 33.0 Å². The van der Waals surface area contributed by atoms with Crippen molar-refractivity contribution in [3.05, 3.63) is 89.8 Å². The highest BCUT2D eigenvalue weighted by Crippen LogP contribution is 2.25. The number of halogens is 1. The van der Waals surface area contributed by atoms with Gasteiger partial charge in [-0.25, -0.2) is 14.1 Å². The van der Waals surface area contributed by atoms with E-state index in [0.29, 0.717) is 22.7 Å². The van der Waals surface area contributed by atoms with Crippen LogP contribution in [0.25, 0.3) is 6.08 Å². The fraction of sp³-hybridized carbons (Fsp3) is 0.0769. The fourth-order valence-corrected chi connectivity index (χ4v) is 3.36. The van der Waals surface area contributed by atoms with Gasteiger partial charge in [0.15, 0.2) is 6.61 Å². The maximum atomic E-state index is 13.0. The zero-order valence-electron chi connectivity index (χ0n) is 19.0. The van der Waals surface area contributed by atoms with Gasteiger partial charge in [-0.2, -0.15) is 0 Å². The topological polar surface area (TPSA) is 114 Å². The van der Waals surface area contributed by atoms with Crippen LogP contribution in [0.4, 0.5) is 20.6 Å². The Morgan fingerprint density at radius 1 is 1.00 bits per heavy atom. The molecule has 36 heavy (non-hydrogen) atoms. The van der Waals surface area contributed by atoms with Crippen molar-refractivity contribution in [2.45, 2.75) is 0 Å². The molecule has 182 valence electrons. The molecule has 3 aromatic rings. The van der Waals surface area contributed by atoms with Crippen LogP contribution in [0, 0.1) is 5.82 Å². The largest absolute Gasteiger partial charge is 0.497 e. The van der Waals surface area contributed by atoms with Crippen LogP contribution in [0.3, 0.4) is 0 Å². The van der Waals surface area contributed by atoms with Crippen molar-refractivity contribution in [2.75, 3.05) is 23.9 Å². The Balaban J connectivity index is 1.47. The summed E-state index contributed by atoms with van der Waals surface area (Å²) in [5.74, 6) is -1.65. The third kappa shape index (κ3) is 5.55. The van der Waals surface area contributed by atoms with E-state index in [4.69, 9.17) is 9.47 Å². The molecule has 0 spiro atoms. The van der Waals surface area contributed by atoms with E-state index < -0.39 is 29.6 Å². The number of rotatable bonds is 7. The molecule has 0 radical (unpaired) electrons. The molecular weight excluding hydrogens is 469 g/mol. The molecule has 0 aliphatic carbocycles. The third-order valence-electron chi connectivity index (χ3n) is 5.10. The molecule has 0 unspecified atom stereocenters. The van der Waals surface area contributed by atoms with E-state index in [-0.39, 0.29) is 17.9 Å². The number of nitrogens with zero attached hydrogens (tertiary/aromatic N) is 1. The average Bonchev–Trinajstić information content (AvgIpc) is 2.87. The Bertz CT molecular complexity index is 1350. The van der Waals surface area contributed by atoms with E-state index in [2.05, 4.69) is 10.6 Å². The number of urea groups is 1. The Labute approximate surface area is 205 Å². The minimum Gasteiger partial charge on any atom is -0.497 e. The summed E-state index contributed by atoms with van der Waals surface area (Å²) in [5, 5.41) is 4.74. The summed E-state index contributed by atoms with van der Waals surface area (Å²) >= 11 is 0. The van der Waals surface area contributed by atoms with Crippen LogP contribution < -0.4 is 25.0 Å². The molecule has 0 aromatic heterocycles. The number of carbonyl (C=O) groups is 4. The maximum Gasteiger partial charge on any atom is 0.335 e. The zero-order chi connectivity index (χ0) is 25.7. The minimum atomic E-state index is -0.864. The number of benzene rings is 3. The van der Waals surface area contributed by atoms with Crippen LogP contribution in [-0.2, 0) is 14.4 Å². The number of anilines is 2. The average molecular weight is 489 g/mol. The van der Waals surface area contributed by atoms with Gasteiger partial charge in [-0.15, -0.1) is 0 Å². The molecule has 1 aliphatic rings. The molecule has 2 N–H and O–H groups in total. The van der Waals surface area contributed by atoms with Crippen molar-refractivity contribution in [2.24, 2.45) is 0 Å². The first-order chi connectivity index (χ1) is 17.3. The zero-order valence-corrected chi connectivity index (χ0v) is 19.0. The second-order valence-electron chi connectivity index (χ2n) is 7.57. The molecule has 1 heterocycles. The Morgan fingerprint density at radius 2 is 1.72 bits per heavy atom. The van der Waals surface area contributed by atoms with Gasteiger partial charge in [0.25, 0.3) is 17.7 Å². The van der Waals surface area contributed by atoms with E-state index in [9.17, 15) is 23.6 Å². The smallest absolute Gasteiger partial charge is 0.335 e. The maximum absolute atomic E-state index is 13.0. The van der Waals surface area contributed by atoms with Gasteiger partial charge in [0.1, 0.15) is 22.9 Å². The number of nitrogens with one attached hydrogen (secondary N) is 2. The summed E-state index contributed by atoms with van der Waals surface area (Å²) in [7, 11) is 1.49. The van der Waals surface area contributed by atoms with E-state index in [0.717, 1.165) is 4.90 Å². The fourth-order valence-electron chi connectivity index (χ4n) is 3.36. The standard InChI is InChI=1S/C26H20FN3O6/c1-35-20-11-9-19(10-12-20)30-25(33)22(24(32)29-26(30)34)14-16-3-2-4-21(13-16)36-15-23(31)28-18-7-5-17(27)6-8-18/h2-14H,15H2,1H3,(H,28,31)(H,29,32,34)/b22-14+. The third-order valence-corrected chi connectivity index (χ3v) is 5.10. The first kappa shape index (κ1) is 24.1. The summed E-state index contributed by atoms with van der Waals surface area (Å²) in [6, 6.07) is 17.0. The van der Waals surface area contributed by atoms with E-state index in [1.807, 2.05) is 0 Å². The van der Waals surface area contributed by atoms with Crippen LogP contribution in [0.15, 0.2) is 78.4 Å². The van der Waals surface area contributed by atoms with E-state index >= 15 is 0 Å². The second kappa shape index (κ2) is 10.5. The Morgan fingerprint density at radius 3 is 2.42 bits per heavy atom. The highest BCUT2D eigenvalue weighted by atomic mass is 19.1. The summed E-state index contributed by atoms with van der Waals surface area (Å²) in [4.78, 5) is 50.8. The lowest BCUT2D eigenvalue weighted by Gasteiger charge is -2.26. The lowest BCUT2D eigenvalue weighted by atomic mass is 10.1. The van der Waals surface area contributed by atoms with Crippen molar-refractivity contribution in [3.8, 4) is 11.5 Å². The van der Waals surface area contributed by atoms with Crippen molar-refractivity contribution in [1.29, 1.82) is 0 Å². The van der Waals surface area contributed by atoms with Crippen molar-refractivity contribution in [1.82, 2.24) is 5.32 Å². The molecule has 1 saturated heterocycles. The quantitative estimate of drug-likeness (QED) is 0.388. The number of carbonyl (C=O) groups excluding carboxylic acids is 4. The summed E-state index contributed by atoms with van der Waals surface area (Å²) < 4.78 is 23.6. The number of hydrogen-bond donors (Lipinski definition) is 2. The molecule has 4 rings (SSSR count). The van der Waals surface area contributed by atoms with E-state index in [1.165, 1.54) is 55.7 Å². The number of amides is 5. The number of barbiturate groups is 1. The van der Waals surface area contributed by atoms with Gasteiger partial charge in [0.2, 0.25) is 0 Å². The highest BCUT2D eigenvalue weighted by Gasteiger charge is 2.36. The lowest BCUT2D eigenvalue weighted by Crippen LogP contribution is -2.54. The van der Waals surface area contributed by atoms with Crippen LogP contribution in [0.5, 0.6) is 11.5 Å². The lowest BCUT2D eigenvalue weighted by molar-refractivity contribution is -0.122. The summed E-state index contributed by atoms with van der Waals surface area (Å²) in [6.07, 6.45) is 1.33. The predicted molar refractivity (Wildman–Crippen MR) is 129 cm³/mol. The molecule has 0 atom stereocenters. The number of imide groups is 2. The highest BCUT2D eigenvalue weighted by molar-refractivity contribution is 6.39. The number of hydrogen-bond acceptors (Lipinski definition) is 6. The molecule has 10 heteroatoms. The summed E-state index contributed by atoms with van der Waals surface area (Å²) in [6.45, 7) is -0.323. The van der Waals surface area contributed by atoms with Gasteiger partial charge in [-0.05, 0) is 72.3 Å². The molecule has 0 saturated carbocycles. The number of ether oxygens (including phenoxy) is 2. The minimum absolute atomic E-state index is 0.253. The SMILES string of the molecule is COc1ccc(N2C(=O)NC(=O)/C(=C\c3cccc(OCC(=O)Nc4ccc(F)cc4)c3)C2=O)cc1. The van der Waals surface area contributed by atoms with Gasteiger partial charge < -0.3 is 14.8 Å². The monoisotopic (exact) mass is 489 g/mol. The molecular formula is C26H20FN3O6. The molecule has 1 fully saturated rings. The molecule has 0 bridgehead atoms. The summed E-state index contributed by atoms with van der Waals surface area (Å²) in [5.41, 5.74) is 0.868. The molecule has 3 aromatic carbocycles. The normalized spacial score (nSPS) is 14.4. The van der Waals surface area contributed by atoms with Gasteiger partial charge >= 0.3 is 6.03 Å². The Kier molecular flexibility index (Phi) is 7.05. The molecule has 1 aliphatic heterocycles.